The molecule has 1 nitrogen and oxygen atoms in total. The maximum atomic E-state index is 13.1. The molecular weight excluding hydrogens is 251 g/mol. The number of halogens is 3. The Bertz CT molecular complexity index is 407. The van der Waals surface area contributed by atoms with Crippen molar-refractivity contribution in [3.05, 3.63) is 35.9 Å². The highest BCUT2D eigenvalue weighted by Gasteiger charge is 2.48. The van der Waals surface area contributed by atoms with Gasteiger partial charge in [-0.25, -0.2) is 0 Å². The second kappa shape index (κ2) is 5.16. The van der Waals surface area contributed by atoms with Crippen molar-refractivity contribution in [2.45, 2.75) is 38.9 Å². The van der Waals surface area contributed by atoms with Gasteiger partial charge in [0.1, 0.15) is 6.04 Å². The van der Waals surface area contributed by atoms with E-state index in [9.17, 15) is 13.2 Å². The van der Waals surface area contributed by atoms with Gasteiger partial charge in [0.25, 0.3) is 0 Å². The molecule has 0 aliphatic heterocycles. The Hall–Kier alpha value is -1.03. The van der Waals surface area contributed by atoms with Gasteiger partial charge in [0.05, 0.1) is 0 Å². The Kier molecular flexibility index (Phi) is 3.90. The maximum Gasteiger partial charge on any atom is 0.407 e. The third-order valence-corrected chi connectivity index (χ3v) is 4.24. The van der Waals surface area contributed by atoms with E-state index in [0.29, 0.717) is 12.5 Å². The molecule has 0 radical (unpaired) electrons. The fraction of sp³-hybridized carbons (Fsp3) is 0.600. The van der Waals surface area contributed by atoms with Gasteiger partial charge in [-0.05, 0) is 29.7 Å². The quantitative estimate of drug-likeness (QED) is 0.841. The molecule has 0 aromatic heterocycles. The number of hydrogen-bond donors (Lipinski definition) is 1. The normalized spacial score (nSPS) is 19.5. The van der Waals surface area contributed by atoms with Crippen LogP contribution in [0.4, 0.5) is 13.2 Å². The van der Waals surface area contributed by atoms with Crippen LogP contribution < -0.4 is 5.32 Å². The average molecular weight is 271 g/mol. The van der Waals surface area contributed by atoms with Gasteiger partial charge < -0.3 is 5.32 Å². The molecule has 1 fully saturated rings. The van der Waals surface area contributed by atoms with E-state index >= 15 is 0 Å². The molecule has 1 aliphatic rings. The highest BCUT2D eigenvalue weighted by molar-refractivity contribution is 5.20. The molecule has 1 aromatic carbocycles. The minimum Gasteiger partial charge on any atom is -0.302 e. The van der Waals surface area contributed by atoms with Crippen LogP contribution in [0.5, 0.6) is 0 Å². The second-order valence-corrected chi connectivity index (χ2v) is 5.78. The van der Waals surface area contributed by atoms with Crippen LogP contribution >= 0.6 is 0 Å². The van der Waals surface area contributed by atoms with Gasteiger partial charge in [-0.1, -0.05) is 44.2 Å². The highest BCUT2D eigenvalue weighted by atomic mass is 19.4. The summed E-state index contributed by atoms with van der Waals surface area (Å²) in [5.74, 6) is 0.421. The van der Waals surface area contributed by atoms with Gasteiger partial charge >= 0.3 is 6.18 Å². The van der Waals surface area contributed by atoms with Crippen LogP contribution in [-0.4, -0.2) is 12.7 Å². The second-order valence-electron chi connectivity index (χ2n) is 5.78. The number of benzene rings is 1. The lowest BCUT2D eigenvalue weighted by Crippen LogP contribution is -2.38. The standard InChI is InChI=1S/C15H20F3N/c1-11(2)14(8-9-14)10-19-13(15(16,17)18)12-6-4-3-5-7-12/h3-7,11,13,19H,8-10H2,1-2H3. The van der Waals surface area contributed by atoms with Crippen LogP contribution in [0.15, 0.2) is 30.3 Å². The Morgan fingerprint density at radius 3 is 2.16 bits per heavy atom. The lowest BCUT2D eigenvalue weighted by molar-refractivity contribution is -0.158. The van der Waals surface area contributed by atoms with E-state index in [1.807, 2.05) is 0 Å². The molecule has 1 unspecified atom stereocenters. The lowest BCUT2D eigenvalue weighted by atomic mass is 9.92. The molecule has 0 amide bonds. The Morgan fingerprint density at radius 1 is 1.16 bits per heavy atom. The predicted octanol–water partition coefficient (Wildman–Crippen LogP) is 4.32. The summed E-state index contributed by atoms with van der Waals surface area (Å²) in [6.07, 6.45) is -2.21. The van der Waals surface area contributed by atoms with Gasteiger partial charge in [-0.15, -0.1) is 0 Å². The maximum absolute atomic E-state index is 13.1. The molecule has 19 heavy (non-hydrogen) atoms. The summed E-state index contributed by atoms with van der Waals surface area (Å²) in [4.78, 5) is 0. The van der Waals surface area contributed by atoms with Crippen LogP contribution in [0.2, 0.25) is 0 Å². The first-order valence-corrected chi connectivity index (χ1v) is 6.70. The van der Waals surface area contributed by atoms with Crippen LogP contribution in [-0.2, 0) is 0 Å². The van der Waals surface area contributed by atoms with E-state index in [4.69, 9.17) is 0 Å². The number of hydrogen-bond acceptors (Lipinski definition) is 1. The summed E-state index contributed by atoms with van der Waals surface area (Å²) in [7, 11) is 0. The molecule has 0 spiro atoms. The summed E-state index contributed by atoms with van der Waals surface area (Å²) in [5.41, 5.74) is 0.354. The summed E-state index contributed by atoms with van der Waals surface area (Å²) in [5, 5.41) is 2.74. The molecule has 1 aromatic rings. The van der Waals surface area contributed by atoms with Gasteiger partial charge in [0.2, 0.25) is 0 Å². The topological polar surface area (TPSA) is 12.0 Å². The Labute approximate surface area is 112 Å². The van der Waals surface area contributed by atoms with Gasteiger partial charge in [0.15, 0.2) is 0 Å². The van der Waals surface area contributed by atoms with Crippen LogP contribution in [0, 0.1) is 11.3 Å². The predicted molar refractivity (Wildman–Crippen MR) is 69.7 cm³/mol. The first-order valence-electron chi connectivity index (χ1n) is 6.70. The van der Waals surface area contributed by atoms with E-state index in [1.165, 1.54) is 12.1 Å². The summed E-state index contributed by atoms with van der Waals surface area (Å²) >= 11 is 0. The summed E-state index contributed by atoms with van der Waals surface area (Å²) < 4.78 is 39.4. The van der Waals surface area contributed by atoms with Gasteiger partial charge in [0, 0.05) is 6.54 Å². The monoisotopic (exact) mass is 271 g/mol. The fourth-order valence-electron chi connectivity index (χ4n) is 2.49. The minimum atomic E-state index is -4.26. The smallest absolute Gasteiger partial charge is 0.302 e. The van der Waals surface area contributed by atoms with Crippen LogP contribution in [0.25, 0.3) is 0 Å². The van der Waals surface area contributed by atoms with E-state index in [-0.39, 0.29) is 11.0 Å². The molecule has 4 heteroatoms. The molecule has 0 bridgehead atoms. The molecule has 1 saturated carbocycles. The zero-order valence-electron chi connectivity index (χ0n) is 11.3. The third kappa shape index (κ3) is 3.30. The van der Waals surface area contributed by atoms with E-state index in [0.717, 1.165) is 12.8 Å². The van der Waals surface area contributed by atoms with Crippen molar-refractivity contribution < 1.29 is 13.2 Å². The summed E-state index contributed by atoms with van der Waals surface area (Å²) in [6.45, 7) is 4.60. The molecule has 1 atom stereocenters. The fourth-order valence-corrected chi connectivity index (χ4v) is 2.49. The molecule has 0 heterocycles. The molecule has 106 valence electrons. The van der Waals surface area contributed by atoms with Crippen molar-refractivity contribution in [1.82, 2.24) is 5.32 Å². The molecule has 1 aliphatic carbocycles. The molecule has 1 N–H and O–H groups in total. The minimum absolute atomic E-state index is 0.0677. The first-order chi connectivity index (χ1) is 8.85. The lowest BCUT2D eigenvalue weighted by Gasteiger charge is -2.27. The summed E-state index contributed by atoms with van der Waals surface area (Å²) in [6, 6.07) is 6.51. The highest BCUT2D eigenvalue weighted by Crippen LogP contribution is 2.51. The molecular formula is C15H20F3N. The van der Waals surface area contributed by atoms with Crippen molar-refractivity contribution in [3.8, 4) is 0 Å². The van der Waals surface area contributed by atoms with E-state index in [1.54, 1.807) is 18.2 Å². The molecule has 0 saturated heterocycles. The van der Waals surface area contributed by atoms with Crippen molar-refractivity contribution in [1.29, 1.82) is 0 Å². The van der Waals surface area contributed by atoms with Crippen molar-refractivity contribution >= 4 is 0 Å². The zero-order chi connectivity index (χ0) is 14.1. The van der Waals surface area contributed by atoms with Crippen molar-refractivity contribution in [3.63, 3.8) is 0 Å². The van der Waals surface area contributed by atoms with E-state index in [2.05, 4.69) is 19.2 Å². The third-order valence-electron chi connectivity index (χ3n) is 4.24. The van der Waals surface area contributed by atoms with Crippen LogP contribution in [0.3, 0.4) is 0 Å². The van der Waals surface area contributed by atoms with E-state index < -0.39 is 12.2 Å². The number of alkyl halides is 3. The SMILES string of the molecule is CC(C)C1(CNC(c2ccccc2)C(F)(F)F)CC1. The van der Waals surface area contributed by atoms with Crippen molar-refractivity contribution in [2.75, 3.05) is 6.54 Å². The molecule has 2 rings (SSSR count). The zero-order valence-corrected chi connectivity index (χ0v) is 11.3. The first kappa shape index (κ1) is 14.4. The average Bonchev–Trinajstić information content (AvgIpc) is 3.10. The Morgan fingerprint density at radius 2 is 1.74 bits per heavy atom. The van der Waals surface area contributed by atoms with Crippen molar-refractivity contribution in [2.24, 2.45) is 11.3 Å². The number of rotatable bonds is 5. The van der Waals surface area contributed by atoms with Gasteiger partial charge in [-0.3, -0.25) is 0 Å². The van der Waals surface area contributed by atoms with Gasteiger partial charge in [-0.2, -0.15) is 13.2 Å². The Balaban J connectivity index is 2.08. The largest absolute Gasteiger partial charge is 0.407 e. The number of nitrogens with one attached hydrogen (secondary N) is 1. The van der Waals surface area contributed by atoms with Crippen LogP contribution in [0.1, 0.15) is 38.3 Å².